The standard InChI is InChI=1S/C20H21N3O3S/c24-19(18-4-1-8-23(18)13-17-3-2-12-27-17)21-16-5-9-22(10-6-16)20(25)15-7-11-26-14-15/h1-4,7-8,11-12,14,16H,5-6,9-10,13H2,(H,21,24). The van der Waals surface area contributed by atoms with Gasteiger partial charge in [-0.1, -0.05) is 6.07 Å². The molecule has 0 saturated carbocycles. The van der Waals surface area contributed by atoms with Gasteiger partial charge in [0.05, 0.1) is 18.4 Å². The molecule has 0 aliphatic carbocycles. The SMILES string of the molecule is O=C(NC1CCN(C(=O)c2ccoc2)CC1)c1cccn1Cc1cccs1. The highest BCUT2D eigenvalue weighted by molar-refractivity contribution is 7.09. The predicted molar refractivity (Wildman–Crippen MR) is 103 cm³/mol. The summed E-state index contributed by atoms with van der Waals surface area (Å²) >= 11 is 1.68. The van der Waals surface area contributed by atoms with Gasteiger partial charge in [-0.3, -0.25) is 9.59 Å². The average molecular weight is 383 g/mol. The van der Waals surface area contributed by atoms with Crippen LogP contribution in [0.2, 0.25) is 0 Å². The van der Waals surface area contributed by atoms with Gasteiger partial charge in [-0.15, -0.1) is 11.3 Å². The number of furan rings is 1. The summed E-state index contributed by atoms with van der Waals surface area (Å²) in [5, 5.41) is 5.16. The lowest BCUT2D eigenvalue weighted by Gasteiger charge is -2.32. The summed E-state index contributed by atoms with van der Waals surface area (Å²) in [6.07, 6.45) is 6.41. The molecule has 140 valence electrons. The lowest BCUT2D eigenvalue weighted by molar-refractivity contribution is 0.0697. The molecule has 1 aliphatic heterocycles. The van der Waals surface area contributed by atoms with E-state index >= 15 is 0 Å². The quantitative estimate of drug-likeness (QED) is 0.736. The second-order valence-electron chi connectivity index (χ2n) is 6.65. The second-order valence-corrected chi connectivity index (χ2v) is 7.68. The minimum absolute atomic E-state index is 0.0154. The van der Waals surface area contributed by atoms with E-state index in [4.69, 9.17) is 4.42 Å². The van der Waals surface area contributed by atoms with Crippen molar-refractivity contribution in [2.45, 2.75) is 25.4 Å². The molecule has 0 radical (unpaired) electrons. The van der Waals surface area contributed by atoms with Gasteiger partial charge in [0.25, 0.3) is 11.8 Å². The number of carbonyl (C=O) groups is 2. The Bertz CT molecular complexity index is 891. The number of nitrogens with one attached hydrogen (secondary N) is 1. The van der Waals surface area contributed by atoms with E-state index in [2.05, 4.69) is 11.4 Å². The van der Waals surface area contributed by atoms with Gasteiger partial charge in [-0.25, -0.2) is 0 Å². The van der Waals surface area contributed by atoms with Crippen molar-refractivity contribution in [3.8, 4) is 0 Å². The normalized spacial score (nSPS) is 15.0. The van der Waals surface area contributed by atoms with Gasteiger partial charge in [-0.05, 0) is 42.5 Å². The fourth-order valence-electron chi connectivity index (χ4n) is 3.38. The largest absolute Gasteiger partial charge is 0.472 e. The van der Waals surface area contributed by atoms with E-state index in [-0.39, 0.29) is 17.9 Å². The number of nitrogens with zero attached hydrogens (tertiary/aromatic N) is 2. The van der Waals surface area contributed by atoms with E-state index in [0.29, 0.717) is 30.9 Å². The Hall–Kier alpha value is -2.80. The van der Waals surface area contributed by atoms with E-state index in [1.54, 1.807) is 17.4 Å². The van der Waals surface area contributed by atoms with Crippen LogP contribution in [0, 0.1) is 0 Å². The summed E-state index contributed by atoms with van der Waals surface area (Å²) in [7, 11) is 0. The number of hydrogen-bond acceptors (Lipinski definition) is 4. The third-order valence-corrected chi connectivity index (χ3v) is 5.72. The lowest BCUT2D eigenvalue weighted by atomic mass is 10.0. The summed E-state index contributed by atoms with van der Waals surface area (Å²) in [4.78, 5) is 28.1. The number of thiophene rings is 1. The average Bonchev–Trinajstić information content (AvgIpc) is 3.45. The zero-order valence-electron chi connectivity index (χ0n) is 14.8. The molecule has 1 saturated heterocycles. The van der Waals surface area contributed by atoms with Gasteiger partial charge in [-0.2, -0.15) is 0 Å². The fraction of sp³-hybridized carbons (Fsp3) is 0.300. The molecule has 0 aromatic carbocycles. The Kier molecular flexibility index (Phi) is 5.11. The zero-order chi connectivity index (χ0) is 18.6. The maximum absolute atomic E-state index is 12.7. The minimum atomic E-state index is -0.0591. The monoisotopic (exact) mass is 383 g/mol. The predicted octanol–water partition coefficient (Wildman–Crippen LogP) is 3.23. The van der Waals surface area contributed by atoms with Crippen molar-refractivity contribution in [1.29, 1.82) is 0 Å². The third-order valence-electron chi connectivity index (χ3n) is 4.85. The molecule has 3 aromatic heterocycles. The second kappa shape index (κ2) is 7.84. The molecule has 27 heavy (non-hydrogen) atoms. The highest BCUT2D eigenvalue weighted by Crippen LogP contribution is 2.16. The minimum Gasteiger partial charge on any atom is -0.472 e. The topological polar surface area (TPSA) is 67.5 Å². The van der Waals surface area contributed by atoms with Crippen molar-refractivity contribution in [2.75, 3.05) is 13.1 Å². The summed E-state index contributed by atoms with van der Waals surface area (Å²) in [6, 6.07) is 9.59. The Morgan fingerprint density at radius 3 is 2.74 bits per heavy atom. The van der Waals surface area contributed by atoms with Crippen molar-refractivity contribution in [2.24, 2.45) is 0 Å². The zero-order valence-corrected chi connectivity index (χ0v) is 15.7. The van der Waals surface area contributed by atoms with Crippen LogP contribution in [0.5, 0.6) is 0 Å². The van der Waals surface area contributed by atoms with Crippen LogP contribution in [0.3, 0.4) is 0 Å². The number of aromatic nitrogens is 1. The molecule has 1 N–H and O–H groups in total. The van der Waals surface area contributed by atoms with Gasteiger partial charge in [0, 0.05) is 30.2 Å². The molecule has 0 spiro atoms. The smallest absolute Gasteiger partial charge is 0.268 e. The van der Waals surface area contributed by atoms with E-state index in [0.717, 1.165) is 12.8 Å². The summed E-state index contributed by atoms with van der Waals surface area (Å²) in [6.45, 7) is 1.96. The van der Waals surface area contributed by atoms with Crippen LogP contribution < -0.4 is 5.32 Å². The number of piperidine rings is 1. The number of carbonyl (C=O) groups excluding carboxylic acids is 2. The Labute approximate surface area is 161 Å². The highest BCUT2D eigenvalue weighted by Gasteiger charge is 2.25. The first-order valence-corrected chi connectivity index (χ1v) is 9.88. The van der Waals surface area contributed by atoms with Crippen molar-refractivity contribution in [3.63, 3.8) is 0 Å². The van der Waals surface area contributed by atoms with Crippen LogP contribution in [0.25, 0.3) is 0 Å². The molecule has 1 fully saturated rings. The molecule has 3 aromatic rings. The van der Waals surface area contributed by atoms with Gasteiger partial charge in [0.1, 0.15) is 12.0 Å². The van der Waals surface area contributed by atoms with E-state index in [1.165, 1.54) is 17.4 Å². The van der Waals surface area contributed by atoms with Crippen LogP contribution in [0.4, 0.5) is 0 Å². The fourth-order valence-corrected chi connectivity index (χ4v) is 4.09. The van der Waals surface area contributed by atoms with Gasteiger partial charge >= 0.3 is 0 Å². The summed E-state index contributed by atoms with van der Waals surface area (Å²) < 4.78 is 6.95. The van der Waals surface area contributed by atoms with Gasteiger partial charge in [0.15, 0.2) is 0 Å². The Morgan fingerprint density at radius 2 is 2.04 bits per heavy atom. The lowest BCUT2D eigenvalue weighted by Crippen LogP contribution is -2.46. The molecule has 0 bridgehead atoms. The number of hydrogen-bond donors (Lipinski definition) is 1. The molecular formula is C20H21N3O3S. The first-order chi connectivity index (χ1) is 13.2. The first-order valence-electron chi connectivity index (χ1n) is 9.00. The van der Waals surface area contributed by atoms with Crippen molar-refractivity contribution in [1.82, 2.24) is 14.8 Å². The molecule has 7 heteroatoms. The summed E-state index contributed by atoms with van der Waals surface area (Å²) in [5.74, 6) is -0.0745. The van der Waals surface area contributed by atoms with Crippen LogP contribution in [0.1, 0.15) is 38.6 Å². The third kappa shape index (κ3) is 3.98. The van der Waals surface area contributed by atoms with Crippen molar-refractivity contribution < 1.29 is 14.0 Å². The van der Waals surface area contributed by atoms with Crippen LogP contribution in [0.15, 0.2) is 58.9 Å². The molecule has 0 atom stereocenters. The Balaban J connectivity index is 1.32. The molecule has 0 unspecified atom stereocenters. The summed E-state index contributed by atoms with van der Waals surface area (Å²) in [5.41, 5.74) is 1.24. The molecule has 2 amide bonds. The molecule has 4 heterocycles. The van der Waals surface area contributed by atoms with E-state index in [1.807, 2.05) is 39.2 Å². The first kappa shape index (κ1) is 17.6. The highest BCUT2D eigenvalue weighted by atomic mass is 32.1. The van der Waals surface area contributed by atoms with Crippen molar-refractivity contribution >= 4 is 23.2 Å². The molecular weight excluding hydrogens is 362 g/mol. The van der Waals surface area contributed by atoms with Crippen LogP contribution in [-0.2, 0) is 6.54 Å². The molecule has 1 aliphatic rings. The van der Waals surface area contributed by atoms with Crippen LogP contribution >= 0.6 is 11.3 Å². The molecule has 4 rings (SSSR count). The number of rotatable bonds is 5. The maximum atomic E-state index is 12.7. The van der Waals surface area contributed by atoms with Gasteiger partial charge < -0.3 is 19.2 Å². The number of likely N-dealkylation sites (tertiary alicyclic amines) is 1. The molecule has 6 nitrogen and oxygen atoms in total. The number of amides is 2. The Morgan fingerprint density at radius 1 is 1.19 bits per heavy atom. The maximum Gasteiger partial charge on any atom is 0.268 e. The van der Waals surface area contributed by atoms with Crippen molar-refractivity contribution in [3.05, 3.63) is 70.6 Å². The van der Waals surface area contributed by atoms with Crippen LogP contribution in [-0.4, -0.2) is 40.4 Å². The van der Waals surface area contributed by atoms with E-state index < -0.39 is 0 Å². The van der Waals surface area contributed by atoms with Gasteiger partial charge in [0.2, 0.25) is 0 Å². The van der Waals surface area contributed by atoms with E-state index in [9.17, 15) is 9.59 Å².